The summed E-state index contributed by atoms with van der Waals surface area (Å²) in [5.41, 5.74) is 0.909. The number of aromatic nitrogens is 3. The highest BCUT2D eigenvalue weighted by molar-refractivity contribution is 5.51. The Labute approximate surface area is 118 Å². The molecule has 0 N–H and O–H groups in total. The molecule has 0 radical (unpaired) electrons. The summed E-state index contributed by atoms with van der Waals surface area (Å²) in [6.45, 7) is 3.66. The molecule has 0 aromatic carbocycles. The van der Waals surface area contributed by atoms with Gasteiger partial charge in [0.1, 0.15) is 0 Å². The number of hydrogen-bond donors (Lipinski definition) is 0. The summed E-state index contributed by atoms with van der Waals surface area (Å²) < 4.78 is 5.35. The van der Waals surface area contributed by atoms with Crippen molar-refractivity contribution in [2.45, 2.75) is 19.3 Å². The van der Waals surface area contributed by atoms with Gasteiger partial charge in [0, 0.05) is 44.0 Å². The first-order valence-corrected chi connectivity index (χ1v) is 7.32. The van der Waals surface area contributed by atoms with E-state index in [1.807, 2.05) is 12.1 Å². The molecule has 1 aliphatic heterocycles. The standard InChI is InChI=1S/C15H18N4O/c1-2-13(7-16-5-1)15-17-14(20-18-15)6-12-9-19(10-12)8-11-3-4-11/h1-2,5,7,11-12H,3-4,6,8-10H2. The van der Waals surface area contributed by atoms with Crippen LogP contribution in [-0.2, 0) is 6.42 Å². The molecule has 20 heavy (non-hydrogen) atoms. The van der Waals surface area contributed by atoms with Crippen LogP contribution in [0.2, 0.25) is 0 Å². The predicted molar refractivity (Wildman–Crippen MR) is 73.9 cm³/mol. The Morgan fingerprint density at radius 2 is 2.15 bits per heavy atom. The van der Waals surface area contributed by atoms with Gasteiger partial charge in [-0.2, -0.15) is 4.98 Å². The molecule has 1 aliphatic carbocycles. The summed E-state index contributed by atoms with van der Waals surface area (Å²) in [7, 11) is 0. The molecule has 0 bridgehead atoms. The minimum absolute atomic E-state index is 0.641. The SMILES string of the molecule is c1cncc(-c2noc(CC3CN(CC4CC4)C3)n2)c1. The molecule has 4 rings (SSSR count). The smallest absolute Gasteiger partial charge is 0.227 e. The van der Waals surface area contributed by atoms with E-state index in [9.17, 15) is 0 Å². The molecule has 2 aromatic heterocycles. The molecule has 0 atom stereocenters. The third kappa shape index (κ3) is 2.58. The maximum Gasteiger partial charge on any atom is 0.227 e. The Kier molecular flexibility index (Phi) is 2.99. The number of rotatable bonds is 5. The van der Waals surface area contributed by atoms with E-state index < -0.39 is 0 Å². The maximum absolute atomic E-state index is 5.35. The summed E-state index contributed by atoms with van der Waals surface area (Å²) in [6.07, 6.45) is 7.26. The van der Waals surface area contributed by atoms with Gasteiger partial charge in [-0.25, -0.2) is 0 Å². The number of nitrogens with zero attached hydrogens (tertiary/aromatic N) is 4. The Hall–Kier alpha value is -1.75. The second-order valence-electron chi connectivity index (χ2n) is 5.99. The molecule has 0 unspecified atom stereocenters. The van der Waals surface area contributed by atoms with E-state index in [0.717, 1.165) is 23.8 Å². The normalized spacial score (nSPS) is 20.0. The lowest BCUT2D eigenvalue weighted by Crippen LogP contribution is -2.48. The minimum atomic E-state index is 0.641. The van der Waals surface area contributed by atoms with E-state index in [-0.39, 0.29) is 0 Å². The summed E-state index contributed by atoms with van der Waals surface area (Å²) in [5.74, 6) is 3.05. The quantitative estimate of drug-likeness (QED) is 0.832. The third-order valence-corrected chi connectivity index (χ3v) is 4.10. The van der Waals surface area contributed by atoms with Gasteiger partial charge in [0.2, 0.25) is 11.7 Å². The molecule has 2 aromatic rings. The lowest BCUT2D eigenvalue weighted by Gasteiger charge is -2.38. The van der Waals surface area contributed by atoms with Crippen LogP contribution in [0.3, 0.4) is 0 Å². The van der Waals surface area contributed by atoms with Crippen molar-refractivity contribution in [3.63, 3.8) is 0 Å². The molecular formula is C15H18N4O. The van der Waals surface area contributed by atoms with Gasteiger partial charge in [-0.05, 0) is 36.8 Å². The van der Waals surface area contributed by atoms with E-state index in [1.165, 1.54) is 32.5 Å². The first-order valence-electron chi connectivity index (χ1n) is 7.32. The fourth-order valence-corrected chi connectivity index (χ4v) is 2.82. The fraction of sp³-hybridized carbons (Fsp3) is 0.533. The Balaban J connectivity index is 1.33. The van der Waals surface area contributed by atoms with Crippen molar-refractivity contribution in [2.24, 2.45) is 11.8 Å². The van der Waals surface area contributed by atoms with Gasteiger partial charge in [0.15, 0.2) is 0 Å². The Morgan fingerprint density at radius 3 is 2.90 bits per heavy atom. The van der Waals surface area contributed by atoms with Crippen molar-refractivity contribution >= 4 is 0 Å². The second-order valence-corrected chi connectivity index (χ2v) is 5.99. The average molecular weight is 270 g/mol. The predicted octanol–water partition coefficient (Wildman–Crippen LogP) is 2.02. The molecule has 104 valence electrons. The molecule has 2 fully saturated rings. The molecule has 1 saturated carbocycles. The minimum Gasteiger partial charge on any atom is -0.339 e. The van der Waals surface area contributed by atoms with E-state index in [2.05, 4.69) is 20.0 Å². The van der Waals surface area contributed by atoms with E-state index >= 15 is 0 Å². The van der Waals surface area contributed by atoms with E-state index in [1.54, 1.807) is 12.4 Å². The van der Waals surface area contributed by atoms with Crippen molar-refractivity contribution in [2.75, 3.05) is 19.6 Å². The van der Waals surface area contributed by atoms with Crippen LogP contribution in [0.4, 0.5) is 0 Å². The Morgan fingerprint density at radius 1 is 1.25 bits per heavy atom. The lowest BCUT2D eigenvalue weighted by atomic mass is 9.96. The summed E-state index contributed by atoms with van der Waals surface area (Å²) in [4.78, 5) is 11.1. The molecule has 5 heteroatoms. The maximum atomic E-state index is 5.35. The van der Waals surface area contributed by atoms with Crippen molar-refractivity contribution < 1.29 is 4.52 Å². The summed E-state index contributed by atoms with van der Waals surface area (Å²) >= 11 is 0. The van der Waals surface area contributed by atoms with Gasteiger partial charge in [-0.3, -0.25) is 4.98 Å². The van der Waals surface area contributed by atoms with Crippen molar-refractivity contribution in [3.05, 3.63) is 30.4 Å². The Bertz CT molecular complexity index is 573. The number of hydrogen-bond acceptors (Lipinski definition) is 5. The largest absolute Gasteiger partial charge is 0.339 e. The number of likely N-dealkylation sites (tertiary alicyclic amines) is 1. The molecule has 0 spiro atoms. The molecule has 5 nitrogen and oxygen atoms in total. The average Bonchev–Trinajstić information content (AvgIpc) is 3.13. The van der Waals surface area contributed by atoms with Gasteiger partial charge in [0.05, 0.1) is 0 Å². The van der Waals surface area contributed by atoms with Crippen molar-refractivity contribution in [3.8, 4) is 11.4 Å². The van der Waals surface area contributed by atoms with Gasteiger partial charge < -0.3 is 9.42 Å². The molecule has 0 amide bonds. The van der Waals surface area contributed by atoms with Crippen LogP contribution >= 0.6 is 0 Å². The van der Waals surface area contributed by atoms with Gasteiger partial charge >= 0.3 is 0 Å². The van der Waals surface area contributed by atoms with Crippen LogP contribution in [0, 0.1) is 11.8 Å². The van der Waals surface area contributed by atoms with Gasteiger partial charge in [0.25, 0.3) is 0 Å². The van der Waals surface area contributed by atoms with Crippen LogP contribution in [0.25, 0.3) is 11.4 Å². The van der Waals surface area contributed by atoms with E-state index in [0.29, 0.717) is 11.7 Å². The zero-order valence-corrected chi connectivity index (χ0v) is 11.4. The first-order chi connectivity index (χ1) is 9.87. The molecule has 1 saturated heterocycles. The zero-order valence-electron chi connectivity index (χ0n) is 11.4. The molecule has 2 aliphatic rings. The van der Waals surface area contributed by atoms with Crippen LogP contribution in [0.5, 0.6) is 0 Å². The summed E-state index contributed by atoms with van der Waals surface area (Å²) in [6, 6.07) is 3.83. The monoisotopic (exact) mass is 270 g/mol. The van der Waals surface area contributed by atoms with Crippen LogP contribution in [-0.4, -0.2) is 39.7 Å². The fourth-order valence-electron chi connectivity index (χ4n) is 2.82. The van der Waals surface area contributed by atoms with Crippen molar-refractivity contribution in [1.29, 1.82) is 0 Å². The van der Waals surface area contributed by atoms with Gasteiger partial charge in [-0.15, -0.1) is 0 Å². The highest BCUT2D eigenvalue weighted by Crippen LogP contribution is 2.32. The van der Waals surface area contributed by atoms with Gasteiger partial charge in [-0.1, -0.05) is 5.16 Å². The second kappa shape index (κ2) is 4.98. The van der Waals surface area contributed by atoms with Crippen LogP contribution in [0.15, 0.2) is 29.0 Å². The van der Waals surface area contributed by atoms with Crippen molar-refractivity contribution in [1.82, 2.24) is 20.0 Å². The van der Waals surface area contributed by atoms with E-state index in [4.69, 9.17) is 4.52 Å². The highest BCUT2D eigenvalue weighted by atomic mass is 16.5. The summed E-state index contributed by atoms with van der Waals surface area (Å²) in [5, 5.41) is 4.04. The zero-order chi connectivity index (χ0) is 13.4. The van der Waals surface area contributed by atoms with Crippen LogP contribution < -0.4 is 0 Å². The highest BCUT2D eigenvalue weighted by Gasteiger charge is 2.33. The third-order valence-electron chi connectivity index (χ3n) is 4.10. The molecular weight excluding hydrogens is 252 g/mol. The lowest BCUT2D eigenvalue weighted by molar-refractivity contribution is 0.0893. The number of pyridine rings is 1. The first kappa shape index (κ1) is 12.0. The molecule has 3 heterocycles. The topological polar surface area (TPSA) is 55.1 Å². The van der Waals surface area contributed by atoms with Crippen LogP contribution in [0.1, 0.15) is 18.7 Å².